The summed E-state index contributed by atoms with van der Waals surface area (Å²) < 4.78 is 12.5. The van der Waals surface area contributed by atoms with Crippen molar-refractivity contribution in [1.82, 2.24) is 0 Å². The normalized spacial score (nSPS) is 13.5. The molecule has 0 aromatic heterocycles. The van der Waals surface area contributed by atoms with Crippen LogP contribution in [0.5, 0.6) is 11.5 Å². The summed E-state index contributed by atoms with van der Waals surface area (Å²) in [5.41, 5.74) is 1.43. The lowest BCUT2D eigenvalue weighted by Gasteiger charge is -2.13. The first-order chi connectivity index (χ1) is 23.1. The van der Waals surface area contributed by atoms with E-state index in [9.17, 15) is 28.8 Å². The molecule has 5 aromatic rings. The van der Waals surface area contributed by atoms with E-state index >= 15 is 0 Å². The molecule has 0 atom stereocenters. The highest BCUT2D eigenvalue weighted by Gasteiger charge is 2.38. The highest BCUT2D eigenvalue weighted by molar-refractivity contribution is 9.10. The number of ether oxygens (including phenoxy) is 2. The molecule has 0 bridgehead atoms. The van der Waals surface area contributed by atoms with E-state index in [-0.39, 0.29) is 44.9 Å². The number of benzene rings is 5. The van der Waals surface area contributed by atoms with E-state index in [1.165, 1.54) is 60.7 Å². The molecule has 0 radical (unpaired) electrons. The van der Waals surface area contributed by atoms with Gasteiger partial charge in [0.2, 0.25) is 0 Å². The van der Waals surface area contributed by atoms with E-state index in [1.807, 2.05) is 0 Å². The number of halogens is 2. The monoisotopic (exact) mass is 764 g/mol. The Morgan fingerprint density at radius 2 is 0.771 bits per heavy atom. The predicted octanol–water partition coefficient (Wildman–Crippen LogP) is 7.25. The van der Waals surface area contributed by atoms with Crippen molar-refractivity contribution >= 4 is 78.8 Å². The number of esters is 2. The van der Waals surface area contributed by atoms with Gasteiger partial charge in [0.15, 0.2) is 0 Å². The largest absolute Gasteiger partial charge is 0.423 e. The van der Waals surface area contributed by atoms with Gasteiger partial charge in [0.1, 0.15) is 11.5 Å². The van der Waals surface area contributed by atoms with Gasteiger partial charge in [-0.15, -0.1) is 0 Å². The first kappa shape index (κ1) is 30.9. The van der Waals surface area contributed by atoms with Gasteiger partial charge in [-0.05, 0) is 109 Å². The van der Waals surface area contributed by atoms with Crippen LogP contribution in [0.2, 0.25) is 0 Å². The minimum absolute atomic E-state index is 0.0615. The Kier molecular flexibility index (Phi) is 7.82. The Morgan fingerprint density at radius 1 is 0.438 bits per heavy atom. The summed E-state index contributed by atoms with van der Waals surface area (Å²) in [6, 6.07) is 27.3. The van der Waals surface area contributed by atoms with Gasteiger partial charge in [0.25, 0.3) is 23.6 Å². The highest BCUT2D eigenvalue weighted by atomic mass is 79.9. The number of rotatable bonds is 6. The summed E-state index contributed by atoms with van der Waals surface area (Å²) in [6.07, 6.45) is 0. The maximum absolute atomic E-state index is 13.1. The lowest BCUT2D eigenvalue weighted by Crippen LogP contribution is -2.29. The zero-order valence-corrected chi connectivity index (χ0v) is 27.5. The smallest absolute Gasteiger partial charge is 0.343 e. The maximum atomic E-state index is 13.1. The van der Waals surface area contributed by atoms with Crippen LogP contribution in [0.15, 0.2) is 118 Å². The van der Waals surface area contributed by atoms with Crippen LogP contribution in [0.1, 0.15) is 62.1 Å². The van der Waals surface area contributed by atoms with Crippen molar-refractivity contribution in [2.24, 2.45) is 0 Å². The zero-order chi connectivity index (χ0) is 33.7. The minimum atomic E-state index is -0.764. The topological polar surface area (TPSA) is 127 Å². The summed E-state index contributed by atoms with van der Waals surface area (Å²) in [7, 11) is 0. The lowest BCUT2D eigenvalue weighted by molar-refractivity contribution is 0.0719. The molecule has 2 aliphatic heterocycles. The summed E-state index contributed by atoms with van der Waals surface area (Å²) in [5.74, 6) is -3.37. The van der Waals surface area contributed by atoms with Crippen LogP contribution in [0, 0.1) is 0 Å². The number of hydrogen-bond donors (Lipinski definition) is 0. The third-order valence-electron chi connectivity index (χ3n) is 7.66. The van der Waals surface area contributed by atoms with Gasteiger partial charge in [-0.3, -0.25) is 19.2 Å². The molecule has 0 aliphatic carbocycles. The fraction of sp³-hybridized carbons (Fsp3) is 0. The van der Waals surface area contributed by atoms with Crippen molar-refractivity contribution in [3.8, 4) is 11.5 Å². The molecule has 234 valence electrons. The molecular weight excluding hydrogens is 748 g/mol. The Labute approximate surface area is 288 Å². The molecule has 2 heterocycles. The third-order valence-corrected chi connectivity index (χ3v) is 8.72. The van der Waals surface area contributed by atoms with Crippen molar-refractivity contribution in [3.05, 3.63) is 152 Å². The number of fused-ring (bicyclic) bond motifs is 2. The van der Waals surface area contributed by atoms with Crippen molar-refractivity contribution < 1.29 is 38.2 Å². The molecule has 0 N–H and O–H groups in total. The number of carbonyl (C=O) groups excluding carboxylic acids is 6. The molecule has 5 aromatic carbocycles. The molecule has 0 unspecified atom stereocenters. The number of hydrogen-bond acceptors (Lipinski definition) is 8. The molecule has 0 spiro atoms. The van der Waals surface area contributed by atoms with E-state index in [1.54, 1.807) is 48.5 Å². The quantitative estimate of drug-likeness (QED) is 0.101. The van der Waals surface area contributed by atoms with Crippen molar-refractivity contribution in [2.75, 3.05) is 9.80 Å². The SMILES string of the molecule is O=C(Oc1ccc(OC(=O)c2ccc3c(c2)C(=O)N(c2ccc(Br)cc2)C3=O)cc1)c1ccc2c(c1)C(=O)N(c1ccc(Br)cc1)C2=O. The Balaban J connectivity index is 1.01. The standard InChI is InChI=1S/C36H18Br2N2O8/c37-21-3-7-23(8-4-21)39-31(41)27-15-1-19(17-29(27)33(39)43)35(45)47-25-11-13-26(14-12-25)48-36(46)20-2-16-28-30(18-20)34(44)40(32(28)42)24-9-5-22(38)6-10-24/h1-18H. The van der Waals surface area contributed by atoms with Gasteiger partial charge in [0.05, 0.1) is 44.8 Å². The first-order valence-electron chi connectivity index (χ1n) is 14.2. The zero-order valence-electron chi connectivity index (χ0n) is 24.3. The highest BCUT2D eigenvalue weighted by Crippen LogP contribution is 2.32. The molecule has 10 nitrogen and oxygen atoms in total. The second-order valence-electron chi connectivity index (χ2n) is 10.6. The van der Waals surface area contributed by atoms with Gasteiger partial charge >= 0.3 is 11.9 Å². The fourth-order valence-electron chi connectivity index (χ4n) is 5.29. The maximum Gasteiger partial charge on any atom is 0.343 e. The Morgan fingerprint density at radius 3 is 1.12 bits per heavy atom. The summed E-state index contributed by atoms with van der Waals surface area (Å²) in [6.45, 7) is 0. The number of nitrogens with zero attached hydrogens (tertiary/aromatic N) is 2. The van der Waals surface area contributed by atoms with Gasteiger partial charge in [-0.25, -0.2) is 19.4 Å². The van der Waals surface area contributed by atoms with Crippen LogP contribution in [0.25, 0.3) is 0 Å². The first-order valence-corrected chi connectivity index (χ1v) is 15.8. The van der Waals surface area contributed by atoms with Gasteiger partial charge in [-0.2, -0.15) is 0 Å². The van der Waals surface area contributed by atoms with Crippen LogP contribution in [-0.4, -0.2) is 35.6 Å². The van der Waals surface area contributed by atoms with Crippen LogP contribution < -0.4 is 19.3 Å². The second-order valence-corrected chi connectivity index (χ2v) is 12.4. The molecular formula is C36H18Br2N2O8. The van der Waals surface area contributed by atoms with Crippen LogP contribution in [-0.2, 0) is 0 Å². The average Bonchev–Trinajstić information content (AvgIpc) is 3.49. The summed E-state index contributed by atoms with van der Waals surface area (Å²) >= 11 is 6.65. The van der Waals surface area contributed by atoms with Crippen LogP contribution in [0.3, 0.4) is 0 Å². The number of amides is 4. The minimum Gasteiger partial charge on any atom is -0.423 e. The van der Waals surface area contributed by atoms with E-state index < -0.39 is 35.6 Å². The second kappa shape index (κ2) is 12.1. The Bertz CT molecular complexity index is 2060. The fourth-order valence-corrected chi connectivity index (χ4v) is 5.82. The average molecular weight is 766 g/mol. The molecule has 0 saturated carbocycles. The molecule has 0 fully saturated rings. The molecule has 48 heavy (non-hydrogen) atoms. The van der Waals surface area contributed by atoms with E-state index in [2.05, 4.69) is 31.9 Å². The summed E-state index contributed by atoms with van der Waals surface area (Å²) in [5, 5.41) is 0. The number of carbonyl (C=O) groups is 6. The predicted molar refractivity (Wildman–Crippen MR) is 180 cm³/mol. The molecule has 4 amide bonds. The third kappa shape index (κ3) is 5.50. The van der Waals surface area contributed by atoms with E-state index in [0.29, 0.717) is 11.4 Å². The Hall–Kier alpha value is -5.72. The van der Waals surface area contributed by atoms with Gasteiger partial charge in [0, 0.05) is 8.95 Å². The van der Waals surface area contributed by atoms with Gasteiger partial charge in [-0.1, -0.05) is 31.9 Å². The lowest BCUT2D eigenvalue weighted by atomic mass is 10.1. The van der Waals surface area contributed by atoms with Crippen LogP contribution >= 0.6 is 31.9 Å². The number of imide groups is 2. The van der Waals surface area contributed by atoms with Crippen molar-refractivity contribution in [1.29, 1.82) is 0 Å². The van der Waals surface area contributed by atoms with Crippen molar-refractivity contribution in [3.63, 3.8) is 0 Å². The van der Waals surface area contributed by atoms with Crippen molar-refractivity contribution in [2.45, 2.75) is 0 Å². The molecule has 0 saturated heterocycles. The molecule has 7 rings (SSSR count). The molecule has 2 aliphatic rings. The molecule has 12 heteroatoms. The van der Waals surface area contributed by atoms with Crippen LogP contribution in [0.4, 0.5) is 11.4 Å². The van der Waals surface area contributed by atoms with E-state index in [0.717, 1.165) is 18.7 Å². The van der Waals surface area contributed by atoms with E-state index in [4.69, 9.17) is 9.47 Å². The summed E-state index contributed by atoms with van der Waals surface area (Å²) in [4.78, 5) is 80.0. The number of anilines is 2. The van der Waals surface area contributed by atoms with Gasteiger partial charge < -0.3 is 9.47 Å².